The molecule has 1 aliphatic rings. The molecule has 0 saturated heterocycles. The van der Waals surface area contributed by atoms with E-state index < -0.39 is 0 Å². The molecular weight excluding hydrogens is 238 g/mol. The molecule has 1 unspecified atom stereocenters. The third-order valence-corrected chi connectivity index (χ3v) is 3.92. The van der Waals surface area contributed by atoms with E-state index in [1.165, 1.54) is 24.9 Å². The number of nitrogens with zero attached hydrogens (tertiary/aromatic N) is 1. The zero-order chi connectivity index (χ0) is 12.4. The maximum atomic E-state index is 11.9. The molecule has 0 amide bonds. The van der Waals surface area contributed by atoms with Crippen LogP contribution in [-0.4, -0.2) is 23.2 Å². The van der Waals surface area contributed by atoms with Crippen LogP contribution >= 0.6 is 11.8 Å². The van der Waals surface area contributed by atoms with E-state index >= 15 is 0 Å². The van der Waals surface area contributed by atoms with Crippen molar-refractivity contribution in [3.8, 4) is 17.6 Å². The van der Waals surface area contributed by atoms with Gasteiger partial charge < -0.3 is 9.84 Å². The topological polar surface area (TPSA) is 70.3 Å². The zero-order valence-electron chi connectivity index (χ0n) is 9.27. The third-order valence-electron chi connectivity index (χ3n) is 2.61. The maximum Gasteiger partial charge on any atom is 0.169 e. The third kappa shape index (κ3) is 2.08. The Balaban J connectivity index is 2.48. The van der Waals surface area contributed by atoms with Crippen LogP contribution in [0.3, 0.4) is 0 Å². The van der Waals surface area contributed by atoms with Gasteiger partial charge in [0.1, 0.15) is 11.5 Å². The predicted octanol–water partition coefficient (Wildman–Crippen LogP) is 2.36. The number of fused-ring (bicyclic) bond motifs is 1. The molecule has 0 aliphatic carbocycles. The van der Waals surface area contributed by atoms with Crippen LogP contribution in [0.4, 0.5) is 0 Å². The number of ketones is 1. The van der Waals surface area contributed by atoms with E-state index in [0.29, 0.717) is 22.6 Å². The number of carbonyl (C=O) groups is 1. The van der Waals surface area contributed by atoms with E-state index in [2.05, 4.69) is 6.07 Å². The number of thioether (sulfide) groups is 1. The highest BCUT2D eigenvalue weighted by molar-refractivity contribution is 8.00. The van der Waals surface area contributed by atoms with Crippen LogP contribution in [0.2, 0.25) is 0 Å². The van der Waals surface area contributed by atoms with Gasteiger partial charge in [-0.1, -0.05) is 0 Å². The van der Waals surface area contributed by atoms with E-state index in [-0.39, 0.29) is 23.2 Å². The van der Waals surface area contributed by atoms with Crippen molar-refractivity contribution in [3.05, 3.63) is 17.7 Å². The molecule has 1 aromatic carbocycles. The second-order valence-corrected chi connectivity index (χ2v) is 5.03. The number of phenolic OH excluding ortho intramolecular Hbond substituents is 1. The summed E-state index contributed by atoms with van der Waals surface area (Å²) in [6.45, 7) is 0. The predicted molar refractivity (Wildman–Crippen MR) is 63.5 cm³/mol. The molecule has 1 aromatic rings. The summed E-state index contributed by atoms with van der Waals surface area (Å²) >= 11 is 1.42. The summed E-state index contributed by atoms with van der Waals surface area (Å²) in [4.78, 5) is 12.6. The van der Waals surface area contributed by atoms with E-state index in [1.54, 1.807) is 6.07 Å². The van der Waals surface area contributed by atoms with Gasteiger partial charge in [-0.05, 0) is 12.1 Å². The maximum absolute atomic E-state index is 11.9. The molecule has 1 atom stereocenters. The van der Waals surface area contributed by atoms with Gasteiger partial charge in [-0.2, -0.15) is 5.26 Å². The standard InChI is InChI=1S/C12H11NO3S/c1-16-10-3-2-8(14)11-9(15)6-7(4-5-13)17-12(10)11/h2-3,7,14H,4,6H2,1H3. The molecule has 0 aromatic heterocycles. The first kappa shape index (κ1) is 11.8. The highest BCUT2D eigenvalue weighted by Gasteiger charge is 2.30. The summed E-state index contributed by atoms with van der Waals surface area (Å²) in [7, 11) is 1.52. The molecule has 17 heavy (non-hydrogen) atoms. The van der Waals surface area contributed by atoms with Crippen molar-refractivity contribution >= 4 is 17.5 Å². The minimum Gasteiger partial charge on any atom is -0.507 e. The fraction of sp³-hybridized carbons (Fsp3) is 0.333. The molecule has 0 bridgehead atoms. The fourth-order valence-electron chi connectivity index (χ4n) is 1.83. The molecule has 0 radical (unpaired) electrons. The first-order chi connectivity index (χ1) is 8.17. The number of aromatic hydroxyl groups is 1. The Morgan fingerprint density at radius 1 is 1.65 bits per heavy atom. The number of methoxy groups -OCH3 is 1. The van der Waals surface area contributed by atoms with Crippen LogP contribution in [0.5, 0.6) is 11.5 Å². The Bertz CT molecular complexity index is 507. The largest absolute Gasteiger partial charge is 0.507 e. The minimum atomic E-state index is -0.129. The number of hydrogen-bond donors (Lipinski definition) is 1. The van der Waals surface area contributed by atoms with Crippen molar-refractivity contribution in [2.45, 2.75) is 23.0 Å². The number of hydrogen-bond acceptors (Lipinski definition) is 5. The zero-order valence-corrected chi connectivity index (χ0v) is 10.1. The van der Waals surface area contributed by atoms with Crippen molar-refractivity contribution in [1.82, 2.24) is 0 Å². The number of benzene rings is 1. The molecule has 5 heteroatoms. The number of rotatable bonds is 2. The molecule has 1 N–H and O–H groups in total. The summed E-state index contributed by atoms with van der Waals surface area (Å²) in [5.41, 5.74) is 0.323. The monoisotopic (exact) mass is 249 g/mol. The number of ether oxygens (including phenoxy) is 1. The molecule has 0 fully saturated rings. The lowest BCUT2D eigenvalue weighted by Gasteiger charge is -2.23. The Kier molecular flexibility index (Phi) is 3.25. The van der Waals surface area contributed by atoms with Gasteiger partial charge >= 0.3 is 0 Å². The van der Waals surface area contributed by atoms with Crippen LogP contribution in [-0.2, 0) is 0 Å². The van der Waals surface area contributed by atoms with E-state index in [9.17, 15) is 9.90 Å². The van der Waals surface area contributed by atoms with Crippen LogP contribution in [0.1, 0.15) is 23.2 Å². The summed E-state index contributed by atoms with van der Waals surface area (Å²) in [5, 5.41) is 18.3. The molecule has 1 heterocycles. The molecule has 2 rings (SSSR count). The SMILES string of the molecule is COc1ccc(O)c2c1SC(CC#N)CC2=O. The average molecular weight is 249 g/mol. The van der Waals surface area contributed by atoms with Gasteiger partial charge in [0.25, 0.3) is 0 Å². The normalized spacial score (nSPS) is 18.4. The summed E-state index contributed by atoms with van der Waals surface area (Å²) in [5.74, 6) is 0.419. The highest BCUT2D eigenvalue weighted by Crippen LogP contribution is 2.45. The van der Waals surface area contributed by atoms with E-state index in [1.807, 2.05) is 0 Å². The molecular formula is C12H11NO3S. The fourth-order valence-corrected chi connectivity index (χ4v) is 3.16. The molecule has 0 spiro atoms. The smallest absolute Gasteiger partial charge is 0.169 e. The van der Waals surface area contributed by atoms with Crippen molar-refractivity contribution in [3.63, 3.8) is 0 Å². The Morgan fingerprint density at radius 3 is 3.06 bits per heavy atom. The lowest BCUT2D eigenvalue weighted by atomic mass is 10.0. The molecule has 1 aliphatic heterocycles. The minimum absolute atomic E-state index is 0.0197. The molecule has 4 nitrogen and oxygen atoms in total. The van der Waals surface area contributed by atoms with Gasteiger partial charge in [-0.15, -0.1) is 11.8 Å². The van der Waals surface area contributed by atoms with Crippen molar-refractivity contribution in [1.29, 1.82) is 5.26 Å². The van der Waals surface area contributed by atoms with Gasteiger partial charge in [0.05, 0.1) is 23.6 Å². The van der Waals surface area contributed by atoms with E-state index in [4.69, 9.17) is 10.00 Å². The molecule has 88 valence electrons. The van der Waals surface area contributed by atoms with Crippen LogP contribution < -0.4 is 4.74 Å². The quantitative estimate of drug-likeness (QED) is 0.871. The van der Waals surface area contributed by atoms with Crippen molar-refractivity contribution in [2.75, 3.05) is 7.11 Å². The van der Waals surface area contributed by atoms with Gasteiger partial charge in [0, 0.05) is 18.1 Å². The van der Waals surface area contributed by atoms with Gasteiger partial charge in [0.2, 0.25) is 0 Å². The average Bonchev–Trinajstić information content (AvgIpc) is 2.29. The first-order valence-corrected chi connectivity index (χ1v) is 6.02. The van der Waals surface area contributed by atoms with Gasteiger partial charge in [0.15, 0.2) is 5.78 Å². The second-order valence-electron chi connectivity index (χ2n) is 3.72. The summed E-state index contributed by atoms with van der Waals surface area (Å²) in [6, 6.07) is 5.15. The second kappa shape index (κ2) is 4.68. The highest BCUT2D eigenvalue weighted by atomic mass is 32.2. The Labute approximate surface area is 103 Å². The van der Waals surface area contributed by atoms with E-state index in [0.717, 1.165) is 0 Å². The Hall–Kier alpha value is -1.67. The van der Waals surface area contributed by atoms with Crippen LogP contribution in [0.15, 0.2) is 17.0 Å². The van der Waals surface area contributed by atoms with Crippen LogP contribution in [0, 0.1) is 11.3 Å². The van der Waals surface area contributed by atoms with Crippen LogP contribution in [0.25, 0.3) is 0 Å². The number of phenols is 1. The number of Topliss-reactive ketones (excluding diaryl/α,β-unsaturated/α-hetero) is 1. The number of nitriles is 1. The van der Waals surface area contributed by atoms with Crippen molar-refractivity contribution in [2.24, 2.45) is 0 Å². The summed E-state index contributed by atoms with van der Waals surface area (Å²) in [6.07, 6.45) is 0.598. The Morgan fingerprint density at radius 2 is 2.41 bits per heavy atom. The first-order valence-electron chi connectivity index (χ1n) is 5.14. The lowest BCUT2D eigenvalue weighted by molar-refractivity contribution is 0.0973. The summed E-state index contributed by atoms with van der Waals surface area (Å²) < 4.78 is 5.18. The molecule has 0 saturated carbocycles. The lowest BCUT2D eigenvalue weighted by Crippen LogP contribution is -2.17. The van der Waals surface area contributed by atoms with Crippen molar-refractivity contribution < 1.29 is 14.6 Å². The number of carbonyl (C=O) groups excluding carboxylic acids is 1. The van der Waals surface area contributed by atoms with Gasteiger partial charge in [-0.25, -0.2) is 0 Å². The van der Waals surface area contributed by atoms with Gasteiger partial charge in [-0.3, -0.25) is 4.79 Å².